The first kappa shape index (κ1) is 20.7. The molecule has 0 radical (unpaired) electrons. The number of fused-ring (bicyclic) bond motifs is 2. The number of nitrogens with two attached hydrogens (primary N) is 1. The molecule has 1 amide bonds. The number of nitrogens with zero attached hydrogens (tertiary/aromatic N) is 3. The number of piperazine rings is 1. The van der Waals surface area contributed by atoms with Crippen LogP contribution in [0.15, 0.2) is 48.7 Å². The largest absolute Gasteiger partial charge is 0.495 e. The SMILES string of the molecule is COc1cccc2c1N(CC(N)=O)C[C@H]2CCN1CCN(c2ccc3[nH]ccc3c2)CC1. The quantitative estimate of drug-likeness (QED) is 0.599. The van der Waals surface area contributed by atoms with Crippen LogP contribution < -0.4 is 20.3 Å². The van der Waals surface area contributed by atoms with E-state index in [9.17, 15) is 4.79 Å². The van der Waals surface area contributed by atoms with E-state index in [-0.39, 0.29) is 12.5 Å². The van der Waals surface area contributed by atoms with Gasteiger partial charge in [-0.05, 0) is 48.9 Å². The van der Waals surface area contributed by atoms with Crippen LogP contribution in [0.2, 0.25) is 0 Å². The van der Waals surface area contributed by atoms with Crippen molar-refractivity contribution in [2.24, 2.45) is 5.73 Å². The Morgan fingerprint density at radius 1 is 1.16 bits per heavy atom. The van der Waals surface area contributed by atoms with Gasteiger partial charge in [-0.1, -0.05) is 12.1 Å². The molecule has 0 saturated carbocycles. The predicted octanol–water partition coefficient (Wildman–Crippen LogP) is 2.78. The van der Waals surface area contributed by atoms with Crippen LogP contribution in [0.1, 0.15) is 17.9 Å². The summed E-state index contributed by atoms with van der Waals surface area (Å²) in [6, 6.07) is 14.9. The first-order valence-corrected chi connectivity index (χ1v) is 11.4. The number of aromatic nitrogens is 1. The lowest BCUT2D eigenvalue weighted by molar-refractivity contribution is -0.116. The molecule has 32 heavy (non-hydrogen) atoms. The van der Waals surface area contributed by atoms with E-state index in [1.165, 1.54) is 22.2 Å². The van der Waals surface area contributed by atoms with Gasteiger partial charge in [-0.25, -0.2) is 0 Å². The average Bonchev–Trinajstić information content (AvgIpc) is 3.42. The number of benzene rings is 2. The first-order valence-electron chi connectivity index (χ1n) is 11.4. The minimum Gasteiger partial charge on any atom is -0.495 e. The molecule has 2 aliphatic heterocycles. The molecule has 168 valence electrons. The minimum atomic E-state index is -0.309. The number of primary amides is 1. The van der Waals surface area contributed by atoms with Gasteiger partial charge < -0.3 is 25.3 Å². The number of carbonyl (C=O) groups excluding carboxylic acids is 1. The smallest absolute Gasteiger partial charge is 0.236 e. The summed E-state index contributed by atoms with van der Waals surface area (Å²) < 4.78 is 5.58. The number of para-hydroxylation sites is 1. The van der Waals surface area contributed by atoms with Gasteiger partial charge >= 0.3 is 0 Å². The van der Waals surface area contributed by atoms with Crippen molar-refractivity contribution in [3.05, 3.63) is 54.2 Å². The average molecular weight is 434 g/mol. The third-order valence-electron chi connectivity index (χ3n) is 6.86. The second-order valence-electron chi connectivity index (χ2n) is 8.81. The van der Waals surface area contributed by atoms with Crippen LogP contribution in [-0.2, 0) is 4.79 Å². The van der Waals surface area contributed by atoms with Gasteiger partial charge in [0.25, 0.3) is 0 Å². The molecule has 1 atom stereocenters. The van der Waals surface area contributed by atoms with Crippen LogP contribution in [-0.4, -0.2) is 68.7 Å². The molecule has 0 aliphatic carbocycles. The molecule has 5 rings (SSSR count). The fourth-order valence-electron chi connectivity index (χ4n) is 5.21. The highest BCUT2D eigenvalue weighted by atomic mass is 16.5. The summed E-state index contributed by atoms with van der Waals surface area (Å²) in [7, 11) is 1.68. The topological polar surface area (TPSA) is 77.8 Å². The highest BCUT2D eigenvalue weighted by Gasteiger charge is 2.32. The monoisotopic (exact) mass is 433 g/mol. The van der Waals surface area contributed by atoms with Crippen LogP contribution in [0.5, 0.6) is 5.75 Å². The van der Waals surface area contributed by atoms with Gasteiger partial charge in [0.05, 0.1) is 19.3 Å². The van der Waals surface area contributed by atoms with Crippen LogP contribution in [0, 0.1) is 0 Å². The molecule has 7 heteroatoms. The summed E-state index contributed by atoms with van der Waals surface area (Å²) >= 11 is 0. The van der Waals surface area contributed by atoms with E-state index in [1.54, 1.807) is 7.11 Å². The van der Waals surface area contributed by atoms with Crippen molar-refractivity contribution >= 4 is 28.2 Å². The standard InChI is InChI=1S/C25H31N5O2/c1-32-23-4-2-3-21-19(16-30(25(21)23)17-24(26)31)8-10-28-11-13-29(14-12-28)20-5-6-22-18(15-20)7-9-27-22/h2-7,9,15,19,27H,8,10-14,16-17H2,1H3,(H2,26,31)/t19-/m1/s1. The van der Waals surface area contributed by atoms with E-state index in [0.29, 0.717) is 5.92 Å². The Balaban J connectivity index is 1.20. The summed E-state index contributed by atoms with van der Waals surface area (Å²) in [5, 5.41) is 1.26. The zero-order valence-electron chi connectivity index (χ0n) is 18.6. The van der Waals surface area contributed by atoms with Crippen molar-refractivity contribution in [2.75, 3.05) is 62.7 Å². The summed E-state index contributed by atoms with van der Waals surface area (Å²) in [6.07, 6.45) is 3.05. The number of aromatic amines is 1. The summed E-state index contributed by atoms with van der Waals surface area (Å²) in [5.41, 5.74) is 10.3. The molecule has 1 fully saturated rings. The van der Waals surface area contributed by atoms with Crippen LogP contribution in [0.4, 0.5) is 11.4 Å². The zero-order valence-corrected chi connectivity index (χ0v) is 18.6. The number of ether oxygens (including phenoxy) is 1. The highest BCUT2D eigenvalue weighted by Crippen LogP contribution is 2.44. The molecular weight excluding hydrogens is 402 g/mol. The molecule has 2 aliphatic rings. The first-order chi connectivity index (χ1) is 15.6. The summed E-state index contributed by atoms with van der Waals surface area (Å²) in [6.45, 7) is 6.30. The molecule has 1 saturated heterocycles. The molecule has 0 unspecified atom stereocenters. The van der Waals surface area contributed by atoms with Crippen molar-refractivity contribution in [1.82, 2.24) is 9.88 Å². The van der Waals surface area contributed by atoms with Gasteiger partial charge in [0.15, 0.2) is 0 Å². The number of carbonyl (C=O) groups is 1. The number of amides is 1. The molecule has 3 N–H and O–H groups in total. The molecule has 2 aromatic carbocycles. The maximum absolute atomic E-state index is 11.6. The summed E-state index contributed by atoms with van der Waals surface area (Å²) in [4.78, 5) is 22.0. The lowest BCUT2D eigenvalue weighted by atomic mass is 9.97. The van der Waals surface area contributed by atoms with Crippen molar-refractivity contribution in [3.8, 4) is 5.75 Å². The number of anilines is 2. The molecular formula is C25H31N5O2. The maximum atomic E-state index is 11.6. The van der Waals surface area contributed by atoms with E-state index in [0.717, 1.165) is 57.1 Å². The van der Waals surface area contributed by atoms with Crippen molar-refractivity contribution < 1.29 is 9.53 Å². The number of H-pyrrole nitrogens is 1. The predicted molar refractivity (Wildman–Crippen MR) is 129 cm³/mol. The number of methoxy groups -OCH3 is 1. The van der Waals surface area contributed by atoms with Crippen molar-refractivity contribution in [2.45, 2.75) is 12.3 Å². The van der Waals surface area contributed by atoms with E-state index in [4.69, 9.17) is 10.5 Å². The molecule has 0 bridgehead atoms. The Morgan fingerprint density at radius 2 is 2.00 bits per heavy atom. The van der Waals surface area contributed by atoms with Crippen LogP contribution in [0.25, 0.3) is 10.9 Å². The van der Waals surface area contributed by atoms with Gasteiger partial charge in [-0.3, -0.25) is 9.69 Å². The van der Waals surface area contributed by atoms with Gasteiger partial charge in [-0.15, -0.1) is 0 Å². The third-order valence-corrected chi connectivity index (χ3v) is 6.86. The molecule has 1 aromatic heterocycles. The van der Waals surface area contributed by atoms with Gasteiger partial charge in [0.1, 0.15) is 5.75 Å². The normalized spacial score (nSPS) is 18.8. The Bertz CT molecular complexity index is 1100. The second kappa shape index (κ2) is 8.74. The molecule has 3 heterocycles. The fourth-order valence-corrected chi connectivity index (χ4v) is 5.21. The van der Waals surface area contributed by atoms with Crippen molar-refractivity contribution in [1.29, 1.82) is 0 Å². The van der Waals surface area contributed by atoms with Gasteiger partial charge in [0, 0.05) is 61.4 Å². The number of hydrogen-bond donors (Lipinski definition) is 2. The Kier molecular flexibility index (Phi) is 5.66. The van der Waals surface area contributed by atoms with Crippen LogP contribution in [0.3, 0.4) is 0 Å². The fraction of sp³-hybridized carbons (Fsp3) is 0.400. The zero-order chi connectivity index (χ0) is 22.1. The lowest BCUT2D eigenvalue weighted by Gasteiger charge is -2.36. The Morgan fingerprint density at radius 3 is 2.78 bits per heavy atom. The third kappa shape index (κ3) is 4.00. The van der Waals surface area contributed by atoms with E-state index >= 15 is 0 Å². The number of hydrogen-bond acceptors (Lipinski definition) is 5. The maximum Gasteiger partial charge on any atom is 0.236 e. The Labute approximate surface area is 188 Å². The van der Waals surface area contributed by atoms with E-state index in [2.05, 4.69) is 50.0 Å². The molecule has 3 aromatic rings. The second-order valence-corrected chi connectivity index (χ2v) is 8.81. The van der Waals surface area contributed by atoms with Gasteiger partial charge in [0.2, 0.25) is 5.91 Å². The molecule has 0 spiro atoms. The summed E-state index contributed by atoms with van der Waals surface area (Å²) in [5.74, 6) is 0.893. The number of nitrogens with one attached hydrogen (secondary N) is 1. The Hall–Kier alpha value is -3.19. The van der Waals surface area contributed by atoms with E-state index < -0.39 is 0 Å². The number of rotatable bonds is 7. The van der Waals surface area contributed by atoms with E-state index in [1.807, 2.05) is 18.3 Å². The highest BCUT2D eigenvalue weighted by molar-refractivity contribution is 5.83. The van der Waals surface area contributed by atoms with Crippen LogP contribution >= 0.6 is 0 Å². The van der Waals surface area contributed by atoms with Gasteiger partial charge in [-0.2, -0.15) is 0 Å². The van der Waals surface area contributed by atoms with Crippen molar-refractivity contribution in [3.63, 3.8) is 0 Å². The lowest BCUT2D eigenvalue weighted by Crippen LogP contribution is -2.46. The molecule has 7 nitrogen and oxygen atoms in total. The minimum absolute atomic E-state index is 0.230.